The summed E-state index contributed by atoms with van der Waals surface area (Å²) in [6, 6.07) is 17.1. The molecule has 1 aromatic heterocycles. The Morgan fingerprint density at radius 1 is 1.08 bits per heavy atom. The second-order valence-electron chi connectivity index (χ2n) is 5.57. The maximum atomic E-state index is 9.75. The van der Waals surface area contributed by atoms with E-state index in [1.165, 1.54) is 0 Å². The Kier molecular flexibility index (Phi) is 5.13. The number of halogens is 1. The minimum atomic E-state index is -0.469. The highest BCUT2D eigenvalue weighted by molar-refractivity contribution is 6.30. The Balaban J connectivity index is 1.79. The highest BCUT2D eigenvalue weighted by Gasteiger charge is 2.15. The largest absolute Gasteiger partial charge is 0.419 e. The van der Waals surface area contributed by atoms with Crippen LogP contribution in [0.25, 0.3) is 11.5 Å². The number of aliphatic hydroxyl groups excluding tert-OH is 1. The van der Waals surface area contributed by atoms with Gasteiger partial charge in [0.1, 0.15) is 0 Å². The van der Waals surface area contributed by atoms with E-state index in [1.807, 2.05) is 47.4 Å². The summed E-state index contributed by atoms with van der Waals surface area (Å²) in [4.78, 5) is 2.00. The molecule has 1 heterocycles. The van der Waals surface area contributed by atoms with Gasteiger partial charge in [0, 0.05) is 22.8 Å². The van der Waals surface area contributed by atoms with Crippen LogP contribution >= 0.6 is 11.6 Å². The van der Waals surface area contributed by atoms with Crippen LogP contribution in [0, 0.1) is 0 Å². The standard InChI is InChI=1S/C18H18ClN3O2/c1-13(23)11-22(16-5-3-2-4-6-16)12-17-20-21-18(24-17)14-7-9-15(19)10-8-14/h2-10,13,23H,11-12H2,1H3. The van der Waals surface area contributed by atoms with Gasteiger partial charge in [-0.3, -0.25) is 0 Å². The van der Waals surface area contributed by atoms with Crippen molar-refractivity contribution in [1.29, 1.82) is 0 Å². The van der Waals surface area contributed by atoms with Crippen molar-refractivity contribution in [1.82, 2.24) is 10.2 Å². The van der Waals surface area contributed by atoms with Crippen LogP contribution in [0.5, 0.6) is 0 Å². The van der Waals surface area contributed by atoms with Crippen molar-refractivity contribution in [2.75, 3.05) is 11.4 Å². The average Bonchev–Trinajstić information content (AvgIpc) is 3.04. The molecule has 6 heteroatoms. The van der Waals surface area contributed by atoms with Crippen molar-refractivity contribution in [3.63, 3.8) is 0 Å². The Morgan fingerprint density at radius 3 is 2.46 bits per heavy atom. The van der Waals surface area contributed by atoms with Crippen molar-refractivity contribution in [2.24, 2.45) is 0 Å². The number of aliphatic hydroxyl groups is 1. The number of nitrogens with zero attached hydrogens (tertiary/aromatic N) is 3. The van der Waals surface area contributed by atoms with Crippen molar-refractivity contribution in [3.8, 4) is 11.5 Å². The monoisotopic (exact) mass is 343 g/mol. The number of aromatic nitrogens is 2. The summed E-state index contributed by atoms with van der Waals surface area (Å²) < 4.78 is 5.75. The summed E-state index contributed by atoms with van der Waals surface area (Å²) in [6.45, 7) is 2.65. The van der Waals surface area contributed by atoms with Crippen LogP contribution in [-0.2, 0) is 6.54 Å². The summed E-state index contributed by atoms with van der Waals surface area (Å²) in [6.07, 6.45) is -0.469. The van der Waals surface area contributed by atoms with Gasteiger partial charge < -0.3 is 14.4 Å². The molecular weight excluding hydrogens is 326 g/mol. The fourth-order valence-corrected chi connectivity index (χ4v) is 2.53. The predicted octanol–water partition coefficient (Wildman–Crippen LogP) is 3.78. The maximum absolute atomic E-state index is 9.75. The SMILES string of the molecule is CC(O)CN(Cc1nnc(-c2ccc(Cl)cc2)o1)c1ccccc1. The van der Waals surface area contributed by atoms with E-state index in [-0.39, 0.29) is 0 Å². The number of rotatable bonds is 6. The smallest absolute Gasteiger partial charge is 0.247 e. The highest BCUT2D eigenvalue weighted by atomic mass is 35.5. The zero-order valence-corrected chi connectivity index (χ0v) is 14.0. The van der Waals surface area contributed by atoms with Crippen LogP contribution in [0.3, 0.4) is 0 Å². The van der Waals surface area contributed by atoms with Crippen molar-refractivity contribution in [2.45, 2.75) is 19.6 Å². The van der Waals surface area contributed by atoms with Gasteiger partial charge >= 0.3 is 0 Å². The lowest BCUT2D eigenvalue weighted by Crippen LogP contribution is -2.30. The van der Waals surface area contributed by atoms with Crippen LogP contribution in [0.2, 0.25) is 5.02 Å². The molecule has 24 heavy (non-hydrogen) atoms. The second kappa shape index (κ2) is 7.47. The van der Waals surface area contributed by atoms with E-state index in [0.29, 0.717) is 29.9 Å². The first kappa shape index (κ1) is 16.5. The van der Waals surface area contributed by atoms with Gasteiger partial charge in [-0.25, -0.2) is 0 Å². The maximum Gasteiger partial charge on any atom is 0.247 e. The summed E-state index contributed by atoms with van der Waals surface area (Å²) >= 11 is 5.89. The van der Waals surface area contributed by atoms with Crippen molar-refractivity contribution >= 4 is 17.3 Å². The number of anilines is 1. The third-order valence-electron chi connectivity index (χ3n) is 3.49. The lowest BCUT2D eigenvalue weighted by molar-refractivity contribution is 0.199. The van der Waals surface area contributed by atoms with Crippen LogP contribution in [-0.4, -0.2) is 28.0 Å². The van der Waals surface area contributed by atoms with Gasteiger partial charge in [-0.2, -0.15) is 0 Å². The first-order valence-corrected chi connectivity index (χ1v) is 8.06. The Labute approximate surface area is 145 Å². The molecule has 0 saturated heterocycles. The molecule has 0 saturated carbocycles. The Bertz CT molecular complexity index is 772. The summed E-state index contributed by atoms with van der Waals surface area (Å²) in [5.41, 5.74) is 1.81. The molecule has 0 amide bonds. The first-order chi connectivity index (χ1) is 11.6. The molecule has 0 fully saturated rings. The van der Waals surface area contributed by atoms with Gasteiger partial charge in [-0.1, -0.05) is 29.8 Å². The van der Waals surface area contributed by atoms with Crippen LogP contribution < -0.4 is 4.90 Å². The molecule has 0 spiro atoms. The molecule has 0 aliphatic carbocycles. The average molecular weight is 344 g/mol. The molecular formula is C18H18ClN3O2. The van der Waals surface area contributed by atoms with E-state index >= 15 is 0 Å². The van der Waals surface area contributed by atoms with Gasteiger partial charge in [0.05, 0.1) is 12.6 Å². The Morgan fingerprint density at radius 2 is 1.79 bits per heavy atom. The molecule has 1 atom stereocenters. The molecule has 0 bridgehead atoms. The molecule has 124 valence electrons. The summed E-state index contributed by atoms with van der Waals surface area (Å²) in [5, 5.41) is 18.6. The number of hydrogen-bond acceptors (Lipinski definition) is 5. The highest BCUT2D eigenvalue weighted by Crippen LogP contribution is 2.22. The third kappa shape index (κ3) is 4.13. The van der Waals surface area contributed by atoms with Gasteiger partial charge in [0.2, 0.25) is 11.8 Å². The quantitative estimate of drug-likeness (QED) is 0.738. The van der Waals surface area contributed by atoms with E-state index in [0.717, 1.165) is 11.3 Å². The zero-order chi connectivity index (χ0) is 16.9. The fraction of sp³-hybridized carbons (Fsp3) is 0.222. The number of para-hydroxylation sites is 1. The summed E-state index contributed by atoms with van der Waals surface area (Å²) in [5.74, 6) is 0.941. The van der Waals surface area contributed by atoms with Crippen LogP contribution in [0.1, 0.15) is 12.8 Å². The van der Waals surface area contributed by atoms with Crippen LogP contribution in [0.15, 0.2) is 59.0 Å². The topological polar surface area (TPSA) is 62.4 Å². The molecule has 3 rings (SSSR count). The molecule has 1 N–H and O–H groups in total. The zero-order valence-electron chi connectivity index (χ0n) is 13.3. The van der Waals surface area contributed by atoms with Gasteiger partial charge in [-0.15, -0.1) is 10.2 Å². The van der Waals surface area contributed by atoms with E-state index in [1.54, 1.807) is 19.1 Å². The molecule has 0 aliphatic rings. The van der Waals surface area contributed by atoms with Gasteiger partial charge in [-0.05, 0) is 43.3 Å². The minimum absolute atomic E-state index is 0.426. The lowest BCUT2D eigenvalue weighted by atomic mass is 10.2. The number of benzene rings is 2. The summed E-state index contributed by atoms with van der Waals surface area (Å²) in [7, 11) is 0. The van der Waals surface area contributed by atoms with E-state index < -0.39 is 6.10 Å². The normalized spacial score (nSPS) is 12.1. The van der Waals surface area contributed by atoms with Crippen LogP contribution in [0.4, 0.5) is 5.69 Å². The molecule has 0 aliphatic heterocycles. The molecule has 3 aromatic rings. The van der Waals surface area contributed by atoms with E-state index in [2.05, 4.69) is 10.2 Å². The molecule has 2 aromatic carbocycles. The molecule has 1 unspecified atom stereocenters. The second-order valence-corrected chi connectivity index (χ2v) is 6.01. The van der Waals surface area contributed by atoms with E-state index in [9.17, 15) is 5.11 Å². The van der Waals surface area contributed by atoms with Crippen molar-refractivity contribution < 1.29 is 9.52 Å². The van der Waals surface area contributed by atoms with Gasteiger partial charge in [0.25, 0.3) is 0 Å². The minimum Gasteiger partial charge on any atom is -0.419 e. The molecule has 0 radical (unpaired) electrons. The predicted molar refractivity (Wildman–Crippen MR) is 93.9 cm³/mol. The first-order valence-electron chi connectivity index (χ1n) is 7.68. The fourth-order valence-electron chi connectivity index (χ4n) is 2.41. The van der Waals surface area contributed by atoms with E-state index in [4.69, 9.17) is 16.0 Å². The Hall–Kier alpha value is -2.37. The molecule has 5 nitrogen and oxygen atoms in total. The van der Waals surface area contributed by atoms with Gasteiger partial charge in [0.15, 0.2) is 0 Å². The third-order valence-corrected chi connectivity index (χ3v) is 3.74. The number of hydrogen-bond donors (Lipinski definition) is 1. The van der Waals surface area contributed by atoms with Crippen molar-refractivity contribution in [3.05, 3.63) is 65.5 Å². The lowest BCUT2D eigenvalue weighted by Gasteiger charge is -2.24.